The Kier molecular flexibility index (Phi) is 3.39. The highest BCUT2D eigenvalue weighted by Crippen LogP contribution is 2.31. The second kappa shape index (κ2) is 4.80. The normalized spacial score (nSPS) is 25.5. The minimum absolute atomic E-state index is 0.00329. The molecule has 0 aliphatic carbocycles. The smallest absolute Gasteiger partial charge is 0.310 e. The predicted molar refractivity (Wildman–Crippen MR) is 60.6 cm³/mol. The van der Waals surface area contributed by atoms with Crippen molar-refractivity contribution in [2.45, 2.75) is 24.8 Å². The maximum Gasteiger partial charge on any atom is 0.310 e. The maximum atomic E-state index is 10.9. The molecular weight excluding hydrogens is 224 g/mol. The van der Waals surface area contributed by atoms with Crippen molar-refractivity contribution < 1.29 is 9.66 Å². The molecule has 1 aromatic rings. The minimum atomic E-state index is -0.396. The zero-order valence-electron chi connectivity index (χ0n) is 9.70. The fourth-order valence-electron chi connectivity index (χ4n) is 2.21. The van der Waals surface area contributed by atoms with Crippen LogP contribution in [0.4, 0.5) is 5.69 Å². The number of nitro groups is 1. The Bertz CT molecular complexity index is 418. The Balaban J connectivity index is 2.26. The van der Waals surface area contributed by atoms with Gasteiger partial charge in [-0.05, 0) is 12.8 Å². The monoisotopic (exact) mass is 240 g/mol. The summed E-state index contributed by atoms with van der Waals surface area (Å²) in [4.78, 5) is 10.5. The van der Waals surface area contributed by atoms with Gasteiger partial charge in [-0.3, -0.25) is 14.8 Å². The highest BCUT2D eigenvalue weighted by Gasteiger charge is 2.29. The van der Waals surface area contributed by atoms with Gasteiger partial charge in [0.1, 0.15) is 11.9 Å². The van der Waals surface area contributed by atoms with Gasteiger partial charge in [-0.25, -0.2) is 0 Å². The average molecular weight is 240 g/mol. The lowest BCUT2D eigenvalue weighted by Gasteiger charge is -2.13. The molecule has 94 valence electrons. The van der Waals surface area contributed by atoms with Crippen LogP contribution in [0.25, 0.3) is 0 Å². The third-order valence-corrected chi connectivity index (χ3v) is 3.08. The van der Waals surface area contributed by atoms with Crippen LogP contribution in [0.15, 0.2) is 6.20 Å². The lowest BCUT2D eigenvalue weighted by molar-refractivity contribution is -0.385. The first-order valence-electron chi connectivity index (χ1n) is 5.59. The van der Waals surface area contributed by atoms with Crippen LogP contribution in [0.5, 0.6) is 0 Å². The minimum Gasteiger partial charge on any atom is -0.379 e. The van der Waals surface area contributed by atoms with E-state index in [9.17, 15) is 10.1 Å². The van der Waals surface area contributed by atoms with Crippen LogP contribution in [0, 0.1) is 10.1 Å². The molecule has 0 amide bonds. The zero-order chi connectivity index (χ0) is 12.4. The quantitative estimate of drug-likeness (QED) is 0.601. The summed E-state index contributed by atoms with van der Waals surface area (Å²) in [7, 11) is 1.72. The van der Waals surface area contributed by atoms with Crippen LogP contribution >= 0.6 is 0 Å². The van der Waals surface area contributed by atoms with E-state index in [1.165, 1.54) is 6.20 Å². The van der Waals surface area contributed by atoms with E-state index in [-0.39, 0.29) is 17.6 Å². The number of hydrogen-bond donors (Lipinski definition) is 1. The zero-order valence-corrected chi connectivity index (χ0v) is 9.70. The molecule has 1 saturated heterocycles. The van der Waals surface area contributed by atoms with E-state index in [0.29, 0.717) is 18.9 Å². The Morgan fingerprint density at radius 2 is 2.35 bits per heavy atom. The lowest BCUT2D eigenvalue weighted by Crippen LogP contribution is -2.23. The van der Waals surface area contributed by atoms with Crippen molar-refractivity contribution in [2.75, 3.05) is 13.2 Å². The van der Waals surface area contributed by atoms with E-state index in [0.717, 1.165) is 12.8 Å². The van der Waals surface area contributed by atoms with E-state index in [4.69, 9.17) is 10.5 Å². The molecule has 0 radical (unpaired) electrons. The van der Waals surface area contributed by atoms with Crippen LogP contribution in [0.2, 0.25) is 0 Å². The highest BCUT2D eigenvalue weighted by atomic mass is 16.6. The molecule has 2 unspecified atom stereocenters. The third-order valence-electron chi connectivity index (χ3n) is 3.08. The highest BCUT2D eigenvalue weighted by molar-refractivity contribution is 5.36. The number of ether oxygens (including phenoxy) is 1. The number of nitrogens with two attached hydrogens (primary N) is 1. The van der Waals surface area contributed by atoms with E-state index in [1.54, 1.807) is 11.7 Å². The van der Waals surface area contributed by atoms with Gasteiger partial charge < -0.3 is 10.5 Å². The average Bonchev–Trinajstić information content (AvgIpc) is 2.52. The van der Waals surface area contributed by atoms with Crippen molar-refractivity contribution in [3.05, 3.63) is 22.0 Å². The molecule has 0 saturated carbocycles. The second-order valence-corrected chi connectivity index (χ2v) is 4.37. The van der Waals surface area contributed by atoms with Gasteiger partial charge in [0.25, 0.3) is 0 Å². The molecule has 2 atom stereocenters. The molecule has 0 bridgehead atoms. The maximum absolute atomic E-state index is 10.9. The molecule has 17 heavy (non-hydrogen) atoms. The number of aromatic nitrogens is 2. The van der Waals surface area contributed by atoms with Crippen molar-refractivity contribution in [2.24, 2.45) is 12.8 Å². The molecule has 2 N–H and O–H groups in total. The summed E-state index contributed by atoms with van der Waals surface area (Å²) < 4.78 is 7.00. The molecule has 0 spiro atoms. The lowest BCUT2D eigenvalue weighted by atomic mass is 9.98. The van der Waals surface area contributed by atoms with Crippen molar-refractivity contribution in [3.63, 3.8) is 0 Å². The third kappa shape index (κ3) is 2.45. The molecular formula is C10H16N4O3. The van der Waals surface area contributed by atoms with E-state index in [1.807, 2.05) is 0 Å². The van der Waals surface area contributed by atoms with Gasteiger partial charge in [0, 0.05) is 19.0 Å². The fourth-order valence-corrected chi connectivity index (χ4v) is 2.21. The van der Waals surface area contributed by atoms with Crippen LogP contribution < -0.4 is 5.73 Å². The van der Waals surface area contributed by atoms with Gasteiger partial charge >= 0.3 is 5.69 Å². The van der Waals surface area contributed by atoms with Gasteiger partial charge in [-0.1, -0.05) is 0 Å². The number of rotatable bonds is 2. The Morgan fingerprint density at radius 1 is 1.59 bits per heavy atom. The molecule has 1 fully saturated rings. The van der Waals surface area contributed by atoms with Crippen molar-refractivity contribution in [3.8, 4) is 0 Å². The van der Waals surface area contributed by atoms with Gasteiger partial charge in [-0.15, -0.1) is 0 Å². The van der Waals surface area contributed by atoms with Crippen molar-refractivity contribution in [1.29, 1.82) is 0 Å². The summed E-state index contributed by atoms with van der Waals surface area (Å²) >= 11 is 0. The summed E-state index contributed by atoms with van der Waals surface area (Å²) in [5.41, 5.74) is 6.50. The van der Waals surface area contributed by atoms with Crippen molar-refractivity contribution >= 4 is 5.69 Å². The number of nitrogens with zero attached hydrogens (tertiary/aromatic N) is 3. The van der Waals surface area contributed by atoms with Crippen molar-refractivity contribution in [1.82, 2.24) is 9.78 Å². The first-order valence-corrected chi connectivity index (χ1v) is 5.59. The van der Waals surface area contributed by atoms with Crippen LogP contribution in [0.1, 0.15) is 24.5 Å². The molecule has 2 heterocycles. The van der Waals surface area contributed by atoms with Gasteiger partial charge in [0.15, 0.2) is 0 Å². The van der Waals surface area contributed by atoms with Crippen LogP contribution in [0.3, 0.4) is 0 Å². The molecule has 7 heteroatoms. The molecule has 7 nitrogen and oxygen atoms in total. The first-order chi connectivity index (χ1) is 8.09. The van der Waals surface area contributed by atoms with E-state index < -0.39 is 4.92 Å². The summed E-state index contributed by atoms with van der Waals surface area (Å²) in [5, 5.41) is 14.9. The Morgan fingerprint density at radius 3 is 3.06 bits per heavy atom. The second-order valence-electron chi connectivity index (χ2n) is 4.37. The van der Waals surface area contributed by atoms with Gasteiger partial charge in [0.05, 0.1) is 18.1 Å². The summed E-state index contributed by atoms with van der Waals surface area (Å²) in [6, 6.07) is 0.0206. The summed E-state index contributed by atoms with van der Waals surface area (Å²) in [5.74, 6) is -0.00329. The summed E-state index contributed by atoms with van der Waals surface area (Å²) in [6.45, 7) is 0.982. The first kappa shape index (κ1) is 12.0. The molecule has 1 aliphatic rings. The fraction of sp³-hybridized carbons (Fsp3) is 0.700. The molecule has 0 aromatic carbocycles. The van der Waals surface area contributed by atoms with Crippen LogP contribution in [-0.2, 0) is 11.8 Å². The topological polar surface area (TPSA) is 96.2 Å². The SMILES string of the molecule is Cn1ncc([N+](=O)[O-])c1C1CCC(N)COC1. The van der Waals surface area contributed by atoms with Gasteiger partial charge in [-0.2, -0.15) is 5.10 Å². The van der Waals surface area contributed by atoms with E-state index >= 15 is 0 Å². The predicted octanol–water partition coefficient (Wildman–Crippen LogP) is 0.550. The Hall–Kier alpha value is -1.47. The van der Waals surface area contributed by atoms with Crippen LogP contribution in [-0.4, -0.2) is 34.0 Å². The Labute approximate surface area is 98.7 Å². The van der Waals surface area contributed by atoms with Gasteiger partial charge in [0.2, 0.25) is 0 Å². The molecule has 1 aromatic heterocycles. The standard InChI is InChI=1S/C10H16N4O3/c1-13-10(9(4-12-13)14(15)16)7-2-3-8(11)6-17-5-7/h4,7-8H,2-3,5-6,11H2,1H3. The number of hydrogen-bond acceptors (Lipinski definition) is 5. The largest absolute Gasteiger partial charge is 0.379 e. The van der Waals surface area contributed by atoms with E-state index in [2.05, 4.69) is 5.10 Å². The molecule has 1 aliphatic heterocycles. The number of aryl methyl sites for hydroxylation is 1. The molecule has 2 rings (SSSR count). The summed E-state index contributed by atoms with van der Waals surface area (Å²) in [6.07, 6.45) is 2.90.